The van der Waals surface area contributed by atoms with E-state index in [1.807, 2.05) is 6.92 Å². The van der Waals surface area contributed by atoms with E-state index in [4.69, 9.17) is 0 Å². The minimum Gasteiger partial charge on any atom is -0.352 e. The lowest BCUT2D eigenvalue weighted by atomic mass is 9.87. The number of alkyl halides is 3. The smallest absolute Gasteiger partial charge is 0.352 e. The number of fused-ring (bicyclic) bond motifs is 2. The molecule has 2 N–H and O–H groups in total. The highest BCUT2D eigenvalue weighted by molar-refractivity contribution is 7.88. The van der Waals surface area contributed by atoms with Gasteiger partial charge in [0.25, 0.3) is 5.91 Å². The van der Waals surface area contributed by atoms with Crippen molar-refractivity contribution in [1.29, 1.82) is 0 Å². The normalized spacial score (nSPS) is 18.5. The second-order valence-electron chi connectivity index (χ2n) is 12.3. The summed E-state index contributed by atoms with van der Waals surface area (Å²) in [6.45, 7) is 5.00. The summed E-state index contributed by atoms with van der Waals surface area (Å²) < 4.78 is 81.6. The largest absolute Gasteiger partial charge is 0.416 e. The molecule has 2 aromatic carbocycles. The Hall–Kier alpha value is -3.33. The lowest BCUT2D eigenvalue weighted by Gasteiger charge is -2.36. The van der Waals surface area contributed by atoms with Crippen LogP contribution >= 0.6 is 11.3 Å². The molecule has 2 aliphatic heterocycles. The van der Waals surface area contributed by atoms with Crippen molar-refractivity contribution in [3.63, 3.8) is 0 Å². The second-order valence-corrected chi connectivity index (χ2v) is 15.3. The number of sulfonamides is 1. The van der Waals surface area contributed by atoms with Gasteiger partial charge in [0.2, 0.25) is 10.0 Å². The monoisotopic (exact) mass is 691 g/mol. The van der Waals surface area contributed by atoms with Gasteiger partial charge in [0, 0.05) is 41.0 Å². The zero-order chi connectivity index (χ0) is 33.5. The Bertz CT molecular complexity index is 1860. The Morgan fingerprint density at radius 2 is 1.81 bits per heavy atom. The first-order valence-electron chi connectivity index (χ1n) is 15.8. The van der Waals surface area contributed by atoms with Crippen molar-refractivity contribution < 1.29 is 30.8 Å². The molecule has 0 saturated carbocycles. The van der Waals surface area contributed by atoms with Gasteiger partial charge in [0.15, 0.2) is 0 Å². The third-order valence-electron chi connectivity index (χ3n) is 9.24. The Balaban J connectivity index is 1.16. The summed E-state index contributed by atoms with van der Waals surface area (Å²) in [5.74, 6) is -0.311. The fourth-order valence-electron chi connectivity index (χ4n) is 7.04. The maximum Gasteiger partial charge on any atom is 0.416 e. The van der Waals surface area contributed by atoms with Crippen LogP contribution in [0.3, 0.4) is 0 Å². The molecule has 1 atom stereocenters. The number of hydrogen-bond donors (Lipinski definition) is 2. The van der Waals surface area contributed by atoms with Gasteiger partial charge in [-0.3, -0.25) is 9.89 Å². The zero-order valence-corrected chi connectivity index (χ0v) is 27.8. The fraction of sp³-hybridized carbons (Fsp3) is 0.455. The number of H-pyrrole nitrogens is 1. The van der Waals surface area contributed by atoms with Crippen LogP contribution in [-0.4, -0.2) is 72.7 Å². The Labute approximate surface area is 275 Å². The molecular weight excluding hydrogens is 655 g/mol. The summed E-state index contributed by atoms with van der Waals surface area (Å²) in [7, 11) is -3.57. The highest BCUT2D eigenvalue weighted by Gasteiger charge is 2.37. The van der Waals surface area contributed by atoms with Crippen molar-refractivity contribution in [2.24, 2.45) is 0 Å². The van der Waals surface area contributed by atoms with E-state index in [1.165, 1.54) is 46.2 Å². The van der Waals surface area contributed by atoms with Crippen LogP contribution in [-0.2, 0) is 22.6 Å². The lowest BCUT2D eigenvalue weighted by Crippen LogP contribution is -2.40. The third-order valence-corrected chi connectivity index (χ3v) is 11.7. The average molecular weight is 692 g/mol. The number of likely N-dealkylation sites (tertiary alicyclic amines) is 1. The van der Waals surface area contributed by atoms with Crippen molar-refractivity contribution in [3.8, 4) is 11.3 Å². The molecule has 14 heteroatoms. The van der Waals surface area contributed by atoms with Gasteiger partial charge in [-0.1, -0.05) is 18.2 Å². The minimum atomic E-state index is -4.46. The van der Waals surface area contributed by atoms with E-state index in [1.54, 1.807) is 6.07 Å². The number of aromatic nitrogens is 2. The van der Waals surface area contributed by atoms with Gasteiger partial charge in [-0.25, -0.2) is 12.8 Å². The topological polar surface area (TPSA) is 98.4 Å². The van der Waals surface area contributed by atoms with Crippen LogP contribution in [0.5, 0.6) is 0 Å². The Morgan fingerprint density at radius 3 is 2.47 bits per heavy atom. The number of carbonyl (C=O) groups excluding carboxylic acids is 1. The molecule has 6 rings (SSSR count). The van der Waals surface area contributed by atoms with Gasteiger partial charge in [-0.15, -0.1) is 11.3 Å². The van der Waals surface area contributed by atoms with E-state index < -0.39 is 27.8 Å². The van der Waals surface area contributed by atoms with Crippen molar-refractivity contribution in [2.75, 3.05) is 39.0 Å². The van der Waals surface area contributed by atoms with E-state index in [-0.39, 0.29) is 17.6 Å². The van der Waals surface area contributed by atoms with E-state index in [0.29, 0.717) is 48.5 Å². The van der Waals surface area contributed by atoms with Crippen molar-refractivity contribution in [3.05, 3.63) is 75.5 Å². The van der Waals surface area contributed by atoms with Crippen molar-refractivity contribution in [1.82, 2.24) is 24.7 Å². The van der Waals surface area contributed by atoms with Crippen molar-refractivity contribution in [2.45, 2.75) is 57.2 Å². The van der Waals surface area contributed by atoms with Crippen LogP contribution < -0.4 is 5.32 Å². The number of hydrogen-bond acceptors (Lipinski definition) is 6. The molecule has 0 spiro atoms. The standard InChI is InChI=1S/C33H37F4N5O3S2/c1-3-38-32(43)31-28(24-11-10-23(34)19-27(24)46-31)20-12-16-41(17-13-20)15-4-5-26-29-25(14-18-42(26)47(2,44)45)39-40-30(29)21-6-8-22(9-7-21)33(35,36)37/h6-11,19-20,26H,3-5,12-18H2,1-2H3,(H,38,43)(H,39,40). The van der Waals surface area contributed by atoms with Crippen LogP contribution in [0.1, 0.15) is 76.6 Å². The minimum absolute atomic E-state index is 0.135. The van der Waals surface area contributed by atoms with Crippen LogP contribution in [0.2, 0.25) is 0 Å². The number of amides is 1. The predicted molar refractivity (Wildman–Crippen MR) is 174 cm³/mol. The number of carbonyl (C=O) groups is 1. The van der Waals surface area contributed by atoms with E-state index in [0.717, 1.165) is 71.5 Å². The number of benzene rings is 2. The first-order chi connectivity index (χ1) is 22.3. The molecule has 0 bridgehead atoms. The predicted octanol–water partition coefficient (Wildman–Crippen LogP) is 6.72. The van der Waals surface area contributed by atoms with E-state index in [2.05, 4.69) is 20.4 Å². The van der Waals surface area contributed by atoms with Gasteiger partial charge in [-0.05, 0) is 93.4 Å². The second kappa shape index (κ2) is 13.3. The van der Waals surface area contributed by atoms with Crippen LogP contribution in [0, 0.1) is 5.82 Å². The maximum absolute atomic E-state index is 14.0. The van der Waals surface area contributed by atoms with E-state index in [9.17, 15) is 30.8 Å². The molecule has 0 aliphatic carbocycles. The highest BCUT2D eigenvalue weighted by Crippen LogP contribution is 2.43. The summed E-state index contributed by atoms with van der Waals surface area (Å²) in [5.41, 5.74) is 2.72. The highest BCUT2D eigenvalue weighted by atomic mass is 32.2. The Kier molecular flexibility index (Phi) is 9.49. The number of thiophene rings is 1. The molecule has 47 heavy (non-hydrogen) atoms. The number of nitrogens with one attached hydrogen (secondary N) is 2. The number of nitrogens with zero attached hydrogens (tertiary/aromatic N) is 3. The number of aromatic amines is 1. The summed E-state index contributed by atoms with van der Waals surface area (Å²) in [5, 5.41) is 11.3. The molecule has 1 saturated heterocycles. The SMILES string of the molecule is CCNC(=O)c1sc2cc(F)ccc2c1C1CCN(CCCC2c3c(-c4ccc(C(F)(F)F)cc4)n[nH]c3CCN2S(C)(=O)=O)CC1. The molecule has 0 radical (unpaired) electrons. The van der Waals surface area contributed by atoms with Crippen molar-refractivity contribution >= 4 is 37.4 Å². The first kappa shape index (κ1) is 33.6. The van der Waals surface area contributed by atoms with Crippen LogP contribution in [0.4, 0.5) is 17.6 Å². The molecular formula is C33H37F4N5O3S2. The molecule has 4 heterocycles. The quantitative estimate of drug-likeness (QED) is 0.190. The lowest BCUT2D eigenvalue weighted by molar-refractivity contribution is -0.137. The molecule has 1 amide bonds. The maximum atomic E-state index is 14.0. The van der Waals surface area contributed by atoms with Crippen LogP contribution in [0.15, 0.2) is 42.5 Å². The summed E-state index contributed by atoms with van der Waals surface area (Å²) in [6, 6.07) is 8.99. The average Bonchev–Trinajstić information content (AvgIpc) is 3.63. The number of rotatable bonds is 9. The molecule has 1 fully saturated rings. The zero-order valence-electron chi connectivity index (χ0n) is 26.2. The summed E-state index contributed by atoms with van der Waals surface area (Å²) in [4.78, 5) is 15.9. The van der Waals surface area contributed by atoms with Gasteiger partial charge in [0.05, 0.1) is 28.4 Å². The molecule has 1 unspecified atom stereocenters. The Morgan fingerprint density at radius 1 is 1.09 bits per heavy atom. The molecule has 252 valence electrons. The number of piperidine rings is 1. The van der Waals surface area contributed by atoms with Gasteiger partial charge in [0.1, 0.15) is 5.82 Å². The molecule has 2 aromatic heterocycles. The summed E-state index contributed by atoms with van der Waals surface area (Å²) in [6.07, 6.45) is 0.0410. The van der Waals surface area contributed by atoms with Gasteiger partial charge >= 0.3 is 6.18 Å². The molecule has 8 nitrogen and oxygen atoms in total. The number of halogens is 4. The van der Waals surface area contributed by atoms with E-state index >= 15 is 0 Å². The van der Waals surface area contributed by atoms with Crippen LogP contribution in [0.25, 0.3) is 21.3 Å². The molecule has 4 aromatic rings. The van der Waals surface area contributed by atoms with Gasteiger partial charge < -0.3 is 10.2 Å². The molecule has 2 aliphatic rings. The third kappa shape index (κ3) is 6.96. The van der Waals surface area contributed by atoms with Gasteiger partial charge in [-0.2, -0.15) is 22.6 Å². The first-order valence-corrected chi connectivity index (χ1v) is 18.5. The fourth-order valence-corrected chi connectivity index (χ4v) is 9.37. The summed E-state index contributed by atoms with van der Waals surface area (Å²) >= 11 is 1.33.